The van der Waals surface area contributed by atoms with E-state index in [9.17, 15) is 0 Å². The monoisotopic (exact) mass is 348 g/mol. The van der Waals surface area contributed by atoms with Gasteiger partial charge in [0.1, 0.15) is 36.4 Å². The van der Waals surface area contributed by atoms with E-state index in [1.165, 1.54) is 6.20 Å². The van der Waals surface area contributed by atoms with Crippen LogP contribution in [0.2, 0.25) is 0 Å². The number of ether oxygens (including phenoxy) is 2. The number of tetrazole rings is 1. The van der Waals surface area contributed by atoms with Crippen molar-refractivity contribution in [3.05, 3.63) is 66.6 Å². The van der Waals surface area contributed by atoms with E-state index in [2.05, 4.69) is 25.9 Å². The van der Waals surface area contributed by atoms with E-state index in [4.69, 9.17) is 14.7 Å². The smallest absolute Gasteiger partial charge is 0.216 e. The second-order valence-electron chi connectivity index (χ2n) is 5.09. The van der Waals surface area contributed by atoms with Crippen molar-refractivity contribution in [1.82, 2.24) is 20.6 Å². The minimum absolute atomic E-state index is 0.227. The molecular weight excluding hydrogens is 332 g/mol. The van der Waals surface area contributed by atoms with Crippen LogP contribution in [0, 0.1) is 11.3 Å². The van der Waals surface area contributed by atoms with Gasteiger partial charge >= 0.3 is 0 Å². The predicted molar refractivity (Wildman–Crippen MR) is 95.3 cm³/mol. The molecule has 0 unspecified atom stereocenters. The molecule has 2 aromatic carbocycles. The third kappa shape index (κ3) is 4.82. The number of anilines is 1. The van der Waals surface area contributed by atoms with E-state index in [1.54, 1.807) is 0 Å². The molecule has 8 heteroatoms. The highest BCUT2D eigenvalue weighted by Crippen LogP contribution is 2.18. The summed E-state index contributed by atoms with van der Waals surface area (Å²) >= 11 is 0. The van der Waals surface area contributed by atoms with Crippen LogP contribution in [0.15, 0.2) is 60.8 Å². The van der Waals surface area contributed by atoms with Crippen LogP contribution in [0.3, 0.4) is 0 Å². The third-order valence-electron chi connectivity index (χ3n) is 3.29. The fourth-order valence-electron chi connectivity index (χ4n) is 2.09. The minimum Gasteiger partial charge on any atom is -0.490 e. The zero-order valence-corrected chi connectivity index (χ0v) is 13.8. The molecule has 130 valence electrons. The Balaban J connectivity index is 1.52. The van der Waals surface area contributed by atoms with Crippen LogP contribution in [0.5, 0.6) is 11.5 Å². The number of allylic oxidation sites excluding steroid dienone is 1. The third-order valence-corrected chi connectivity index (χ3v) is 3.29. The quantitative estimate of drug-likeness (QED) is 0.476. The standard InChI is InChI=1S/C18H16N6O2/c19-12-14(18-21-23-24-22-18)13-20-15-5-4-8-17(11-15)26-10-9-25-16-6-2-1-3-7-16/h1-8,11,13,20H,9-10H2,(H,21,22,23,24). The van der Waals surface area contributed by atoms with E-state index in [-0.39, 0.29) is 11.4 Å². The maximum Gasteiger partial charge on any atom is 0.216 e. The molecular formula is C18H16N6O2. The number of benzene rings is 2. The number of hydrogen-bond donors (Lipinski definition) is 2. The van der Waals surface area contributed by atoms with Crippen LogP contribution in [-0.4, -0.2) is 33.8 Å². The van der Waals surface area contributed by atoms with Gasteiger partial charge in [-0.2, -0.15) is 10.5 Å². The van der Waals surface area contributed by atoms with E-state index in [1.807, 2.05) is 60.7 Å². The largest absolute Gasteiger partial charge is 0.490 e. The van der Waals surface area contributed by atoms with Gasteiger partial charge in [-0.05, 0) is 29.5 Å². The van der Waals surface area contributed by atoms with Gasteiger partial charge in [0.25, 0.3) is 0 Å². The average Bonchev–Trinajstić information content (AvgIpc) is 3.22. The van der Waals surface area contributed by atoms with Crippen LogP contribution >= 0.6 is 0 Å². The fraction of sp³-hybridized carbons (Fsp3) is 0.111. The van der Waals surface area contributed by atoms with Gasteiger partial charge in [0, 0.05) is 18.0 Å². The molecule has 26 heavy (non-hydrogen) atoms. The molecule has 3 rings (SSSR count). The van der Waals surface area contributed by atoms with Gasteiger partial charge in [0.15, 0.2) is 0 Å². The van der Waals surface area contributed by atoms with Crippen LogP contribution in [-0.2, 0) is 0 Å². The van der Waals surface area contributed by atoms with Crippen molar-refractivity contribution >= 4 is 11.3 Å². The molecule has 0 spiro atoms. The lowest BCUT2D eigenvalue weighted by molar-refractivity contribution is 0.217. The number of aromatic nitrogens is 4. The second-order valence-corrected chi connectivity index (χ2v) is 5.09. The number of para-hydroxylation sites is 1. The van der Waals surface area contributed by atoms with Crippen LogP contribution in [0.25, 0.3) is 5.57 Å². The Labute approximate surface area is 150 Å². The molecule has 0 saturated heterocycles. The molecule has 0 radical (unpaired) electrons. The van der Waals surface area contributed by atoms with Gasteiger partial charge in [0.05, 0.1) is 0 Å². The van der Waals surface area contributed by atoms with E-state index in [0.29, 0.717) is 19.0 Å². The zero-order chi connectivity index (χ0) is 18.0. The molecule has 0 aliphatic heterocycles. The van der Waals surface area contributed by atoms with Gasteiger partial charge in [-0.15, -0.1) is 10.2 Å². The first kappa shape index (κ1) is 17.0. The summed E-state index contributed by atoms with van der Waals surface area (Å²) in [4.78, 5) is 0. The van der Waals surface area contributed by atoms with Crippen LogP contribution in [0.1, 0.15) is 5.82 Å². The van der Waals surface area contributed by atoms with Crippen molar-refractivity contribution in [3.63, 3.8) is 0 Å². The molecule has 3 aromatic rings. The lowest BCUT2D eigenvalue weighted by Crippen LogP contribution is -2.09. The molecule has 0 bridgehead atoms. The molecule has 8 nitrogen and oxygen atoms in total. The minimum atomic E-state index is 0.227. The maximum absolute atomic E-state index is 9.15. The second kappa shape index (κ2) is 8.84. The van der Waals surface area contributed by atoms with Crippen molar-refractivity contribution in [3.8, 4) is 17.6 Å². The zero-order valence-electron chi connectivity index (χ0n) is 13.8. The Kier molecular flexibility index (Phi) is 5.77. The maximum atomic E-state index is 9.15. The van der Waals surface area contributed by atoms with Gasteiger partial charge in [-0.1, -0.05) is 24.3 Å². The Morgan fingerprint density at radius 3 is 2.58 bits per heavy atom. The Morgan fingerprint density at radius 1 is 1.08 bits per heavy atom. The molecule has 1 heterocycles. The molecule has 0 aliphatic rings. The van der Waals surface area contributed by atoms with Crippen molar-refractivity contribution in [2.24, 2.45) is 0 Å². The summed E-state index contributed by atoms with van der Waals surface area (Å²) in [5.74, 6) is 1.73. The summed E-state index contributed by atoms with van der Waals surface area (Å²) < 4.78 is 11.3. The van der Waals surface area contributed by atoms with Gasteiger partial charge in [-0.25, -0.2) is 0 Å². The Morgan fingerprint density at radius 2 is 1.85 bits per heavy atom. The predicted octanol–water partition coefficient (Wildman–Crippen LogP) is 2.63. The number of hydrogen-bond acceptors (Lipinski definition) is 7. The lowest BCUT2D eigenvalue weighted by atomic mass is 10.2. The topological polar surface area (TPSA) is 109 Å². The summed E-state index contributed by atoms with van der Waals surface area (Å²) in [6.07, 6.45) is 1.52. The van der Waals surface area contributed by atoms with Gasteiger partial charge < -0.3 is 14.8 Å². The van der Waals surface area contributed by atoms with Crippen molar-refractivity contribution in [2.75, 3.05) is 18.5 Å². The van der Waals surface area contributed by atoms with Crippen molar-refractivity contribution in [1.29, 1.82) is 5.26 Å². The van der Waals surface area contributed by atoms with Crippen molar-refractivity contribution < 1.29 is 9.47 Å². The fourth-order valence-corrected chi connectivity index (χ4v) is 2.09. The average molecular weight is 348 g/mol. The summed E-state index contributed by atoms with van der Waals surface area (Å²) in [5.41, 5.74) is 1.03. The highest BCUT2D eigenvalue weighted by atomic mass is 16.5. The molecule has 0 atom stereocenters. The number of nitriles is 1. The number of H-pyrrole nitrogens is 1. The molecule has 0 fully saturated rings. The summed E-state index contributed by atoms with van der Waals surface area (Å²) in [5, 5.41) is 25.5. The highest BCUT2D eigenvalue weighted by molar-refractivity contribution is 5.74. The van der Waals surface area contributed by atoms with Gasteiger partial charge in [-0.3, -0.25) is 0 Å². The summed E-state index contributed by atoms with van der Waals surface area (Å²) in [6, 6.07) is 19.0. The van der Waals surface area contributed by atoms with E-state index >= 15 is 0 Å². The van der Waals surface area contributed by atoms with E-state index in [0.717, 1.165) is 11.4 Å². The van der Waals surface area contributed by atoms with E-state index < -0.39 is 0 Å². The summed E-state index contributed by atoms with van der Waals surface area (Å²) in [6.45, 7) is 0.860. The normalized spacial score (nSPS) is 10.8. The molecule has 1 aromatic heterocycles. The highest BCUT2D eigenvalue weighted by Gasteiger charge is 2.05. The molecule has 0 saturated carbocycles. The summed E-state index contributed by atoms with van der Waals surface area (Å²) in [7, 11) is 0. The SMILES string of the molecule is N#CC(=CNc1cccc(OCCOc2ccccc2)c1)c1nn[nH]n1. The molecule has 0 amide bonds. The van der Waals surface area contributed by atoms with Gasteiger partial charge in [0.2, 0.25) is 5.82 Å². The first-order valence-electron chi connectivity index (χ1n) is 7.86. The number of aromatic amines is 1. The number of rotatable bonds is 8. The lowest BCUT2D eigenvalue weighted by Gasteiger charge is -2.09. The first-order valence-corrected chi connectivity index (χ1v) is 7.86. The number of nitrogens with zero attached hydrogens (tertiary/aromatic N) is 4. The van der Waals surface area contributed by atoms with Crippen molar-refractivity contribution in [2.45, 2.75) is 0 Å². The van der Waals surface area contributed by atoms with Crippen LogP contribution < -0.4 is 14.8 Å². The number of nitrogens with one attached hydrogen (secondary N) is 2. The molecule has 2 N–H and O–H groups in total. The molecule has 0 aliphatic carbocycles. The Bertz CT molecular complexity index is 888. The first-order chi connectivity index (χ1) is 12.8. The van der Waals surface area contributed by atoms with Crippen LogP contribution in [0.4, 0.5) is 5.69 Å². The Hall–Kier alpha value is -3.86.